The standard InChI is InChI=1S/C11H13F2NO3S/c12-11(13)17-9-3-5-10(6-4-9)18(15,16)14-7-1-2-8-14/h3-6,11H,1-2,7-8H2. The van der Waals surface area contributed by atoms with E-state index in [0.717, 1.165) is 12.8 Å². The van der Waals surface area contributed by atoms with Crippen LogP contribution in [-0.4, -0.2) is 32.4 Å². The molecule has 18 heavy (non-hydrogen) atoms. The highest BCUT2D eigenvalue weighted by Gasteiger charge is 2.26. The first kappa shape index (κ1) is 13.2. The van der Waals surface area contributed by atoms with E-state index in [0.29, 0.717) is 13.1 Å². The molecule has 0 spiro atoms. The molecule has 0 N–H and O–H groups in total. The maximum atomic E-state index is 12.1. The van der Waals surface area contributed by atoms with Gasteiger partial charge in [-0.25, -0.2) is 8.42 Å². The number of hydrogen-bond donors (Lipinski definition) is 0. The van der Waals surface area contributed by atoms with E-state index < -0.39 is 16.6 Å². The number of nitrogens with zero attached hydrogens (tertiary/aromatic N) is 1. The van der Waals surface area contributed by atoms with Gasteiger partial charge >= 0.3 is 6.61 Å². The van der Waals surface area contributed by atoms with Crippen LogP contribution in [0.2, 0.25) is 0 Å². The molecule has 100 valence electrons. The fraction of sp³-hybridized carbons (Fsp3) is 0.455. The van der Waals surface area contributed by atoms with Crippen LogP contribution in [0.4, 0.5) is 8.78 Å². The Morgan fingerprint density at radius 3 is 2.17 bits per heavy atom. The molecular weight excluding hydrogens is 264 g/mol. The van der Waals surface area contributed by atoms with Gasteiger partial charge in [-0.1, -0.05) is 0 Å². The molecule has 0 aliphatic carbocycles. The van der Waals surface area contributed by atoms with Gasteiger partial charge in [0.05, 0.1) is 4.90 Å². The second-order valence-electron chi connectivity index (χ2n) is 3.96. The summed E-state index contributed by atoms with van der Waals surface area (Å²) in [5.41, 5.74) is 0. The number of benzene rings is 1. The van der Waals surface area contributed by atoms with Gasteiger partial charge < -0.3 is 4.74 Å². The Balaban J connectivity index is 2.18. The lowest BCUT2D eigenvalue weighted by atomic mass is 10.3. The number of alkyl halides is 2. The quantitative estimate of drug-likeness (QED) is 0.846. The third kappa shape index (κ3) is 2.78. The summed E-state index contributed by atoms with van der Waals surface area (Å²) >= 11 is 0. The van der Waals surface area contributed by atoms with E-state index in [-0.39, 0.29) is 10.6 Å². The van der Waals surface area contributed by atoms with Crippen LogP contribution in [0.25, 0.3) is 0 Å². The van der Waals surface area contributed by atoms with Crippen molar-refractivity contribution in [1.82, 2.24) is 4.31 Å². The monoisotopic (exact) mass is 277 g/mol. The van der Waals surface area contributed by atoms with Crippen molar-refractivity contribution < 1.29 is 21.9 Å². The largest absolute Gasteiger partial charge is 0.435 e. The average molecular weight is 277 g/mol. The molecule has 0 aromatic heterocycles. The molecule has 1 fully saturated rings. The number of sulfonamides is 1. The zero-order valence-corrected chi connectivity index (χ0v) is 10.4. The second-order valence-corrected chi connectivity index (χ2v) is 5.90. The van der Waals surface area contributed by atoms with Crippen LogP contribution < -0.4 is 4.74 Å². The summed E-state index contributed by atoms with van der Waals surface area (Å²) in [4.78, 5) is 0.103. The van der Waals surface area contributed by atoms with Gasteiger partial charge in [0.1, 0.15) is 5.75 Å². The predicted molar refractivity (Wildman–Crippen MR) is 61.1 cm³/mol. The SMILES string of the molecule is O=S(=O)(c1ccc(OC(F)F)cc1)N1CCCC1. The summed E-state index contributed by atoms with van der Waals surface area (Å²) in [5, 5.41) is 0. The zero-order chi connectivity index (χ0) is 13.2. The Labute approximate surface area is 104 Å². The van der Waals surface area contributed by atoms with Crippen LogP contribution in [0, 0.1) is 0 Å². The minimum atomic E-state index is -3.49. The Bertz CT molecular complexity index is 496. The smallest absolute Gasteiger partial charge is 0.387 e. The topological polar surface area (TPSA) is 46.6 Å². The van der Waals surface area contributed by atoms with Gasteiger partial charge in [-0.05, 0) is 37.1 Å². The Morgan fingerprint density at radius 1 is 1.11 bits per heavy atom. The molecule has 0 saturated carbocycles. The molecule has 1 aromatic rings. The minimum absolute atomic E-state index is 0.0506. The molecule has 0 bridgehead atoms. The highest BCUT2D eigenvalue weighted by atomic mass is 32.2. The van der Waals surface area contributed by atoms with E-state index in [2.05, 4.69) is 4.74 Å². The lowest BCUT2D eigenvalue weighted by molar-refractivity contribution is -0.0498. The van der Waals surface area contributed by atoms with E-state index in [9.17, 15) is 17.2 Å². The number of rotatable bonds is 4. The third-order valence-electron chi connectivity index (χ3n) is 2.75. The summed E-state index contributed by atoms with van der Waals surface area (Å²) < 4.78 is 53.7. The van der Waals surface area contributed by atoms with Gasteiger partial charge in [-0.3, -0.25) is 0 Å². The van der Waals surface area contributed by atoms with Crippen molar-refractivity contribution in [2.24, 2.45) is 0 Å². The zero-order valence-electron chi connectivity index (χ0n) is 9.55. The van der Waals surface area contributed by atoms with Crippen molar-refractivity contribution in [1.29, 1.82) is 0 Å². The summed E-state index contributed by atoms with van der Waals surface area (Å²) in [6.45, 7) is -1.89. The summed E-state index contributed by atoms with van der Waals surface area (Å²) in [6, 6.07) is 5.03. The maximum absolute atomic E-state index is 12.1. The van der Waals surface area contributed by atoms with Gasteiger partial charge in [0.2, 0.25) is 10.0 Å². The van der Waals surface area contributed by atoms with Crippen molar-refractivity contribution >= 4 is 10.0 Å². The van der Waals surface area contributed by atoms with Crippen LogP contribution in [0.3, 0.4) is 0 Å². The Hall–Kier alpha value is -1.21. The third-order valence-corrected chi connectivity index (χ3v) is 4.66. The predicted octanol–water partition coefficient (Wildman–Crippen LogP) is 2.07. The summed E-state index contributed by atoms with van der Waals surface area (Å²) in [6.07, 6.45) is 1.71. The molecular formula is C11H13F2NO3S. The van der Waals surface area contributed by atoms with Gasteiger partial charge in [0.25, 0.3) is 0 Å². The Morgan fingerprint density at radius 2 is 1.67 bits per heavy atom. The second kappa shape index (κ2) is 5.19. The number of ether oxygens (including phenoxy) is 1. The molecule has 0 radical (unpaired) electrons. The molecule has 0 atom stereocenters. The molecule has 1 aliphatic rings. The molecule has 1 aromatic carbocycles. The first-order valence-corrected chi connectivity index (χ1v) is 6.99. The van der Waals surface area contributed by atoms with Crippen LogP contribution in [0.1, 0.15) is 12.8 Å². The fourth-order valence-corrected chi connectivity index (χ4v) is 3.39. The van der Waals surface area contributed by atoms with Crippen LogP contribution in [0.5, 0.6) is 5.75 Å². The maximum Gasteiger partial charge on any atom is 0.387 e. The van der Waals surface area contributed by atoms with E-state index in [1.165, 1.54) is 28.6 Å². The van der Waals surface area contributed by atoms with E-state index in [4.69, 9.17) is 0 Å². The molecule has 0 unspecified atom stereocenters. The lowest BCUT2D eigenvalue weighted by Crippen LogP contribution is -2.27. The molecule has 7 heteroatoms. The number of hydrogen-bond acceptors (Lipinski definition) is 3. The highest BCUT2D eigenvalue weighted by Crippen LogP contribution is 2.23. The van der Waals surface area contributed by atoms with E-state index in [1.807, 2.05) is 0 Å². The van der Waals surface area contributed by atoms with Gasteiger partial charge in [-0.15, -0.1) is 0 Å². The molecule has 4 nitrogen and oxygen atoms in total. The van der Waals surface area contributed by atoms with Crippen molar-refractivity contribution in [2.45, 2.75) is 24.3 Å². The Kier molecular flexibility index (Phi) is 3.82. The van der Waals surface area contributed by atoms with Gasteiger partial charge in [-0.2, -0.15) is 13.1 Å². The lowest BCUT2D eigenvalue weighted by Gasteiger charge is -2.15. The first-order chi connectivity index (χ1) is 8.50. The summed E-state index contributed by atoms with van der Waals surface area (Å²) in [5.74, 6) is -0.0506. The van der Waals surface area contributed by atoms with Crippen molar-refractivity contribution in [2.75, 3.05) is 13.1 Å². The fourth-order valence-electron chi connectivity index (χ4n) is 1.87. The van der Waals surface area contributed by atoms with Crippen molar-refractivity contribution in [3.8, 4) is 5.75 Å². The van der Waals surface area contributed by atoms with Crippen molar-refractivity contribution in [3.63, 3.8) is 0 Å². The molecule has 0 amide bonds. The van der Waals surface area contributed by atoms with E-state index in [1.54, 1.807) is 0 Å². The minimum Gasteiger partial charge on any atom is -0.435 e. The molecule has 1 saturated heterocycles. The normalized spacial score (nSPS) is 17.3. The van der Waals surface area contributed by atoms with Crippen LogP contribution in [-0.2, 0) is 10.0 Å². The molecule has 1 heterocycles. The highest BCUT2D eigenvalue weighted by molar-refractivity contribution is 7.89. The number of halogens is 2. The average Bonchev–Trinajstić information content (AvgIpc) is 2.83. The van der Waals surface area contributed by atoms with Crippen molar-refractivity contribution in [3.05, 3.63) is 24.3 Å². The van der Waals surface area contributed by atoms with Gasteiger partial charge in [0, 0.05) is 13.1 Å². The van der Waals surface area contributed by atoms with Crippen LogP contribution in [0.15, 0.2) is 29.2 Å². The van der Waals surface area contributed by atoms with E-state index >= 15 is 0 Å². The van der Waals surface area contributed by atoms with Gasteiger partial charge in [0.15, 0.2) is 0 Å². The first-order valence-electron chi connectivity index (χ1n) is 5.55. The summed E-state index contributed by atoms with van der Waals surface area (Å²) in [7, 11) is -3.49. The van der Waals surface area contributed by atoms with Crippen LogP contribution >= 0.6 is 0 Å². The molecule has 1 aliphatic heterocycles. The molecule has 2 rings (SSSR count).